The van der Waals surface area contributed by atoms with Gasteiger partial charge in [0.2, 0.25) is 17.5 Å². The van der Waals surface area contributed by atoms with E-state index in [4.69, 9.17) is 0 Å². The van der Waals surface area contributed by atoms with E-state index in [0.29, 0.717) is 12.2 Å². The fourth-order valence-electron chi connectivity index (χ4n) is 3.15. The standard InChI is InChI=1S/C22H23N3O5S/c1-3-4-13-23-19-20(22(28)18-8-6-5-7-17(18)21(19)27)25-31(29,30)16-11-9-15(10-12-16)24-14(2)26/h5-12,23,25H,3-4,13H2,1-2H3,(H,24,26). The zero-order valence-corrected chi connectivity index (χ0v) is 18.0. The Bertz CT molecular complexity index is 1170. The molecule has 0 radical (unpaired) electrons. The van der Waals surface area contributed by atoms with E-state index in [1.807, 2.05) is 6.92 Å². The van der Waals surface area contributed by atoms with Crippen LogP contribution >= 0.6 is 0 Å². The van der Waals surface area contributed by atoms with E-state index in [2.05, 4.69) is 15.4 Å². The van der Waals surface area contributed by atoms with Crippen LogP contribution in [0, 0.1) is 0 Å². The number of sulfonamides is 1. The number of benzene rings is 2. The third-order valence-electron chi connectivity index (χ3n) is 4.67. The number of rotatable bonds is 8. The fraction of sp³-hybridized carbons (Fsp3) is 0.227. The zero-order chi connectivity index (χ0) is 22.6. The molecule has 0 saturated heterocycles. The molecule has 2 aromatic rings. The molecule has 9 heteroatoms. The Morgan fingerprint density at radius 2 is 1.48 bits per heavy atom. The Morgan fingerprint density at radius 1 is 0.903 bits per heavy atom. The molecule has 2 aromatic carbocycles. The molecule has 1 aliphatic rings. The van der Waals surface area contributed by atoms with E-state index in [-0.39, 0.29) is 33.3 Å². The third-order valence-corrected chi connectivity index (χ3v) is 6.04. The van der Waals surface area contributed by atoms with Crippen molar-refractivity contribution in [2.24, 2.45) is 0 Å². The number of nitrogens with one attached hydrogen (secondary N) is 3. The van der Waals surface area contributed by atoms with Gasteiger partial charge in [0.25, 0.3) is 10.0 Å². The van der Waals surface area contributed by atoms with Crippen molar-refractivity contribution >= 4 is 33.2 Å². The summed E-state index contributed by atoms with van der Waals surface area (Å²) >= 11 is 0. The third kappa shape index (κ3) is 4.83. The zero-order valence-electron chi connectivity index (χ0n) is 17.2. The largest absolute Gasteiger partial charge is 0.380 e. The average Bonchev–Trinajstić information content (AvgIpc) is 2.74. The minimum Gasteiger partial charge on any atom is -0.380 e. The first-order valence-corrected chi connectivity index (χ1v) is 11.3. The van der Waals surface area contributed by atoms with Gasteiger partial charge in [-0.05, 0) is 30.7 Å². The van der Waals surface area contributed by atoms with Crippen molar-refractivity contribution in [3.05, 3.63) is 71.1 Å². The number of hydrogen-bond acceptors (Lipinski definition) is 6. The number of unbranched alkanes of at least 4 members (excludes halogenated alkanes) is 1. The highest BCUT2D eigenvalue weighted by Crippen LogP contribution is 2.25. The lowest BCUT2D eigenvalue weighted by molar-refractivity contribution is -0.114. The first-order valence-electron chi connectivity index (χ1n) is 9.81. The van der Waals surface area contributed by atoms with Crippen LogP contribution in [0.2, 0.25) is 0 Å². The summed E-state index contributed by atoms with van der Waals surface area (Å²) < 4.78 is 28.2. The van der Waals surface area contributed by atoms with Crippen molar-refractivity contribution in [1.82, 2.24) is 10.0 Å². The average molecular weight is 442 g/mol. The number of Topliss-reactive ketones (excluding diaryl/α,β-unsaturated/α-hetero) is 2. The molecule has 3 N–H and O–H groups in total. The molecule has 1 amide bonds. The lowest BCUT2D eigenvalue weighted by Gasteiger charge is -2.22. The Morgan fingerprint density at radius 3 is 2.03 bits per heavy atom. The van der Waals surface area contributed by atoms with Crippen LogP contribution in [0.25, 0.3) is 0 Å². The molecular weight excluding hydrogens is 418 g/mol. The number of allylic oxidation sites excluding steroid dienone is 2. The van der Waals surface area contributed by atoms with Gasteiger partial charge in [0.05, 0.1) is 4.90 Å². The molecule has 0 bridgehead atoms. The Kier molecular flexibility index (Phi) is 6.55. The number of fused-ring (bicyclic) bond motifs is 1. The monoisotopic (exact) mass is 441 g/mol. The van der Waals surface area contributed by atoms with Crippen molar-refractivity contribution in [3.8, 4) is 0 Å². The normalized spacial score (nSPS) is 13.6. The van der Waals surface area contributed by atoms with E-state index >= 15 is 0 Å². The van der Waals surface area contributed by atoms with Gasteiger partial charge >= 0.3 is 0 Å². The minimum atomic E-state index is -4.16. The van der Waals surface area contributed by atoms with Crippen LogP contribution in [0.15, 0.2) is 64.8 Å². The van der Waals surface area contributed by atoms with E-state index in [9.17, 15) is 22.8 Å². The molecule has 1 aliphatic carbocycles. The molecule has 0 unspecified atom stereocenters. The SMILES string of the molecule is CCCCNC1=C(NS(=O)(=O)c2ccc(NC(C)=O)cc2)C(=O)c2ccccc2C1=O. The van der Waals surface area contributed by atoms with Crippen LogP contribution in [0.4, 0.5) is 5.69 Å². The number of carbonyl (C=O) groups is 3. The molecule has 0 atom stereocenters. The van der Waals surface area contributed by atoms with Crippen molar-refractivity contribution in [1.29, 1.82) is 0 Å². The van der Waals surface area contributed by atoms with Gasteiger partial charge in [-0.3, -0.25) is 19.1 Å². The Balaban J connectivity index is 1.98. The van der Waals surface area contributed by atoms with Crippen molar-refractivity contribution < 1.29 is 22.8 Å². The highest BCUT2D eigenvalue weighted by Gasteiger charge is 2.34. The first-order chi connectivity index (χ1) is 14.7. The van der Waals surface area contributed by atoms with Crippen LogP contribution in [-0.2, 0) is 14.8 Å². The summed E-state index contributed by atoms with van der Waals surface area (Å²) in [6, 6.07) is 11.8. The second-order valence-corrected chi connectivity index (χ2v) is 8.73. The van der Waals surface area contributed by atoms with Crippen LogP contribution in [0.3, 0.4) is 0 Å². The molecule has 0 spiro atoms. The van der Waals surface area contributed by atoms with Gasteiger partial charge < -0.3 is 10.6 Å². The van der Waals surface area contributed by atoms with Gasteiger partial charge in [-0.2, -0.15) is 0 Å². The van der Waals surface area contributed by atoms with Crippen molar-refractivity contribution in [2.75, 3.05) is 11.9 Å². The van der Waals surface area contributed by atoms with Crippen molar-refractivity contribution in [2.45, 2.75) is 31.6 Å². The topological polar surface area (TPSA) is 121 Å². The summed E-state index contributed by atoms with van der Waals surface area (Å²) in [5.41, 5.74) is 0.452. The van der Waals surface area contributed by atoms with Crippen LogP contribution in [0.5, 0.6) is 0 Å². The van der Waals surface area contributed by atoms with Gasteiger partial charge in [-0.25, -0.2) is 8.42 Å². The molecule has 0 aliphatic heterocycles. The number of hydrogen-bond donors (Lipinski definition) is 3. The van der Waals surface area contributed by atoms with Crippen LogP contribution in [-0.4, -0.2) is 32.4 Å². The fourth-order valence-corrected chi connectivity index (χ4v) is 4.22. The second-order valence-electron chi connectivity index (χ2n) is 7.05. The summed E-state index contributed by atoms with van der Waals surface area (Å²) in [4.78, 5) is 37.1. The predicted octanol–water partition coefficient (Wildman–Crippen LogP) is 2.60. The number of amides is 1. The summed E-state index contributed by atoms with van der Waals surface area (Å²) in [5, 5.41) is 5.49. The van der Waals surface area contributed by atoms with Gasteiger partial charge in [0.15, 0.2) is 0 Å². The lowest BCUT2D eigenvalue weighted by atomic mass is 9.90. The smallest absolute Gasteiger partial charge is 0.262 e. The molecule has 31 heavy (non-hydrogen) atoms. The summed E-state index contributed by atoms with van der Waals surface area (Å²) in [6.07, 6.45) is 1.61. The highest BCUT2D eigenvalue weighted by atomic mass is 32.2. The number of carbonyl (C=O) groups excluding carboxylic acids is 3. The lowest BCUT2D eigenvalue weighted by Crippen LogP contribution is -2.38. The van der Waals surface area contributed by atoms with Gasteiger partial charge in [-0.15, -0.1) is 0 Å². The summed E-state index contributed by atoms with van der Waals surface area (Å²) in [5.74, 6) is -1.30. The van der Waals surface area contributed by atoms with Gasteiger partial charge in [-0.1, -0.05) is 37.6 Å². The molecule has 0 saturated carbocycles. The molecule has 0 aromatic heterocycles. The molecule has 0 heterocycles. The maximum Gasteiger partial charge on any atom is 0.262 e. The molecule has 162 valence electrons. The van der Waals surface area contributed by atoms with E-state index in [1.54, 1.807) is 18.2 Å². The van der Waals surface area contributed by atoms with Crippen LogP contribution in [0.1, 0.15) is 47.4 Å². The van der Waals surface area contributed by atoms with Crippen molar-refractivity contribution in [3.63, 3.8) is 0 Å². The quantitative estimate of drug-likeness (QED) is 0.542. The van der Waals surface area contributed by atoms with Crippen LogP contribution < -0.4 is 15.4 Å². The molecule has 0 fully saturated rings. The van der Waals surface area contributed by atoms with E-state index < -0.39 is 21.6 Å². The highest BCUT2D eigenvalue weighted by molar-refractivity contribution is 7.89. The summed E-state index contributed by atoms with van der Waals surface area (Å²) in [6.45, 7) is 3.74. The second kappa shape index (κ2) is 9.13. The van der Waals surface area contributed by atoms with Gasteiger partial charge in [0, 0.05) is 30.3 Å². The Labute approximate surface area is 180 Å². The maximum absolute atomic E-state index is 13.1. The molecule has 3 rings (SSSR count). The predicted molar refractivity (Wildman–Crippen MR) is 116 cm³/mol. The summed E-state index contributed by atoms with van der Waals surface area (Å²) in [7, 11) is -4.16. The number of ketones is 2. The van der Waals surface area contributed by atoms with E-state index in [1.165, 1.54) is 37.3 Å². The van der Waals surface area contributed by atoms with E-state index in [0.717, 1.165) is 12.8 Å². The van der Waals surface area contributed by atoms with Gasteiger partial charge in [0.1, 0.15) is 11.4 Å². The molecule has 8 nitrogen and oxygen atoms in total. The molecular formula is C22H23N3O5S. The minimum absolute atomic E-state index is 0.0596. The first kappa shape index (κ1) is 22.2. The maximum atomic E-state index is 13.1. The Hall–Kier alpha value is -3.46. The number of anilines is 1.